The van der Waals surface area contributed by atoms with Crippen molar-refractivity contribution < 1.29 is 22.7 Å². The first kappa shape index (κ1) is 24.1. The molecule has 0 N–H and O–H groups in total. The summed E-state index contributed by atoms with van der Waals surface area (Å²) in [5.41, 5.74) is 3.06. The van der Waals surface area contributed by atoms with Gasteiger partial charge in [0.2, 0.25) is 0 Å². The highest BCUT2D eigenvalue weighted by Crippen LogP contribution is 2.37. The smallest absolute Gasteiger partial charge is 0.252 e. The summed E-state index contributed by atoms with van der Waals surface area (Å²) in [7, 11) is -3.31. The molecule has 0 radical (unpaired) electrons. The first-order valence-electron chi connectivity index (χ1n) is 11.6. The number of rotatable bonds is 6. The SMILES string of the molecule is CC(=O)Cc1cccc(-c2ncc3c(n2)N2CCOCC2C(=O)N3Cc2ccc(S(C)(=O)=O)cc2)c1. The molecule has 2 aliphatic heterocycles. The van der Waals surface area contributed by atoms with E-state index in [2.05, 4.69) is 4.98 Å². The number of benzene rings is 2. The molecule has 1 fully saturated rings. The number of carbonyl (C=O) groups excluding carboxylic acids is 2. The zero-order chi connectivity index (χ0) is 25.4. The van der Waals surface area contributed by atoms with Crippen LogP contribution in [0.15, 0.2) is 59.6 Å². The molecule has 0 spiro atoms. The van der Waals surface area contributed by atoms with Crippen molar-refractivity contribution in [1.29, 1.82) is 0 Å². The van der Waals surface area contributed by atoms with Crippen LogP contribution in [0.4, 0.5) is 11.5 Å². The standard InChI is InChI=1S/C26H26N4O5S/c1-17(31)12-19-4-3-5-20(13-19)24-27-14-22-25(28-24)29-10-11-35-16-23(29)26(32)30(22)15-18-6-8-21(9-7-18)36(2,33)34/h3-9,13-14,23H,10-12,15-16H2,1-2H3. The van der Waals surface area contributed by atoms with Crippen LogP contribution in [-0.2, 0) is 37.1 Å². The van der Waals surface area contributed by atoms with Crippen LogP contribution in [0.3, 0.4) is 0 Å². The number of hydrogen-bond donors (Lipinski definition) is 0. The number of ketones is 1. The van der Waals surface area contributed by atoms with Gasteiger partial charge >= 0.3 is 0 Å². The van der Waals surface area contributed by atoms with Gasteiger partial charge in [-0.25, -0.2) is 18.4 Å². The van der Waals surface area contributed by atoms with Gasteiger partial charge in [-0.1, -0.05) is 30.3 Å². The molecule has 0 saturated carbocycles. The lowest BCUT2D eigenvalue weighted by molar-refractivity contribution is -0.122. The Morgan fingerprint density at radius 1 is 1.14 bits per heavy atom. The van der Waals surface area contributed by atoms with E-state index in [4.69, 9.17) is 9.72 Å². The molecular formula is C26H26N4O5S. The van der Waals surface area contributed by atoms with Gasteiger partial charge in [-0.15, -0.1) is 0 Å². The van der Waals surface area contributed by atoms with Crippen molar-refractivity contribution in [2.24, 2.45) is 0 Å². The quantitative estimate of drug-likeness (QED) is 0.501. The Morgan fingerprint density at radius 3 is 2.64 bits per heavy atom. The van der Waals surface area contributed by atoms with E-state index in [1.165, 1.54) is 0 Å². The number of morpholine rings is 1. The zero-order valence-corrected chi connectivity index (χ0v) is 20.9. The lowest BCUT2D eigenvalue weighted by Crippen LogP contribution is -2.58. The molecular weight excluding hydrogens is 480 g/mol. The monoisotopic (exact) mass is 506 g/mol. The molecule has 1 aromatic heterocycles. The summed E-state index contributed by atoms with van der Waals surface area (Å²) in [6, 6.07) is 13.6. The van der Waals surface area contributed by atoms with Gasteiger partial charge in [0.1, 0.15) is 17.5 Å². The normalized spacial score (nSPS) is 17.5. The Kier molecular flexibility index (Phi) is 6.31. The van der Waals surface area contributed by atoms with Gasteiger partial charge < -0.3 is 14.5 Å². The minimum absolute atomic E-state index is 0.0772. The number of fused-ring (bicyclic) bond motifs is 3. The van der Waals surface area contributed by atoms with Crippen LogP contribution in [0.5, 0.6) is 0 Å². The Labute approximate surface area is 209 Å². The van der Waals surface area contributed by atoms with Crippen molar-refractivity contribution >= 4 is 33.0 Å². The number of amides is 1. The topological polar surface area (TPSA) is 110 Å². The largest absolute Gasteiger partial charge is 0.377 e. The average Bonchev–Trinajstić information content (AvgIpc) is 2.86. The highest BCUT2D eigenvalue weighted by molar-refractivity contribution is 7.90. The second kappa shape index (κ2) is 9.44. The minimum Gasteiger partial charge on any atom is -0.377 e. The van der Waals surface area contributed by atoms with E-state index in [-0.39, 0.29) is 29.7 Å². The van der Waals surface area contributed by atoms with E-state index in [0.29, 0.717) is 36.9 Å². The predicted molar refractivity (Wildman–Crippen MR) is 135 cm³/mol. The van der Waals surface area contributed by atoms with Crippen LogP contribution in [0.1, 0.15) is 18.1 Å². The number of ether oxygens (including phenoxy) is 1. The number of aromatic nitrogens is 2. The molecule has 5 rings (SSSR count). The maximum atomic E-state index is 13.5. The van der Waals surface area contributed by atoms with E-state index in [1.54, 1.807) is 42.3 Å². The van der Waals surface area contributed by atoms with Gasteiger partial charge in [0.05, 0.1) is 30.9 Å². The van der Waals surface area contributed by atoms with E-state index in [9.17, 15) is 18.0 Å². The third-order valence-corrected chi connectivity index (χ3v) is 7.45. The minimum atomic E-state index is -3.31. The second-order valence-corrected chi connectivity index (χ2v) is 11.1. The van der Waals surface area contributed by atoms with Crippen LogP contribution in [-0.4, -0.2) is 62.1 Å². The van der Waals surface area contributed by atoms with Crippen molar-refractivity contribution in [3.8, 4) is 11.4 Å². The molecule has 0 aliphatic carbocycles. The summed E-state index contributed by atoms with van der Waals surface area (Å²) < 4.78 is 29.2. The highest BCUT2D eigenvalue weighted by Gasteiger charge is 2.41. The molecule has 1 saturated heterocycles. The van der Waals surface area contributed by atoms with Gasteiger partial charge in [-0.3, -0.25) is 9.59 Å². The molecule has 2 aromatic carbocycles. The molecule has 186 valence electrons. The van der Waals surface area contributed by atoms with Crippen LogP contribution in [0.25, 0.3) is 11.4 Å². The third-order valence-electron chi connectivity index (χ3n) is 6.32. The van der Waals surface area contributed by atoms with Crippen LogP contribution in [0.2, 0.25) is 0 Å². The van der Waals surface area contributed by atoms with Crippen molar-refractivity contribution in [1.82, 2.24) is 9.97 Å². The fourth-order valence-electron chi connectivity index (χ4n) is 4.56. The van der Waals surface area contributed by atoms with Gasteiger partial charge in [0.25, 0.3) is 5.91 Å². The van der Waals surface area contributed by atoms with Crippen LogP contribution in [0, 0.1) is 0 Å². The first-order valence-corrected chi connectivity index (χ1v) is 13.5. The van der Waals surface area contributed by atoms with Crippen molar-refractivity contribution in [2.45, 2.75) is 30.8 Å². The summed E-state index contributed by atoms with van der Waals surface area (Å²) in [5.74, 6) is 1.12. The Morgan fingerprint density at radius 2 is 1.92 bits per heavy atom. The number of hydrogen-bond acceptors (Lipinski definition) is 8. The molecule has 0 bridgehead atoms. The number of sulfone groups is 1. The molecule has 3 heterocycles. The van der Waals surface area contributed by atoms with Crippen LogP contribution < -0.4 is 9.80 Å². The van der Waals surface area contributed by atoms with E-state index >= 15 is 0 Å². The molecule has 1 atom stereocenters. The molecule has 3 aromatic rings. The average molecular weight is 507 g/mol. The van der Waals surface area contributed by atoms with Crippen molar-refractivity contribution in [3.63, 3.8) is 0 Å². The third kappa shape index (κ3) is 4.74. The molecule has 1 amide bonds. The summed E-state index contributed by atoms with van der Waals surface area (Å²) in [6.07, 6.45) is 3.16. The van der Waals surface area contributed by atoms with E-state index < -0.39 is 15.9 Å². The fourth-order valence-corrected chi connectivity index (χ4v) is 5.19. The Balaban J connectivity index is 1.52. The zero-order valence-electron chi connectivity index (χ0n) is 20.0. The second-order valence-electron chi connectivity index (χ2n) is 9.11. The lowest BCUT2D eigenvalue weighted by Gasteiger charge is -2.43. The summed E-state index contributed by atoms with van der Waals surface area (Å²) in [4.78, 5) is 38.3. The number of carbonyl (C=O) groups is 2. The van der Waals surface area contributed by atoms with E-state index in [1.807, 2.05) is 29.2 Å². The van der Waals surface area contributed by atoms with Crippen molar-refractivity contribution in [2.75, 3.05) is 35.8 Å². The van der Waals surface area contributed by atoms with Gasteiger partial charge in [-0.2, -0.15) is 0 Å². The summed E-state index contributed by atoms with van der Waals surface area (Å²) in [6.45, 7) is 3.08. The molecule has 36 heavy (non-hydrogen) atoms. The maximum absolute atomic E-state index is 13.5. The lowest BCUT2D eigenvalue weighted by atomic mass is 10.1. The number of anilines is 2. The van der Waals surface area contributed by atoms with Gasteiger partial charge in [0.15, 0.2) is 21.5 Å². The Hall–Kier alpha value is -3.63. The van der Waals surface area contributed by atoms with Crippen molar-refractivity contribution in [3.05, 3.63) is 65.9 Å². The number of nitrogens with zero attached hydrogens (tertiary/aromatic N) is 4. The molecule has 10 heteroatoms. The van der Waals surface area contributed by atoms with E-state index in [0.717, 1.165) is 22.9 Å². The molecule has 2 aliphatic rings. The summed E-state index contributed by atoms with van der Waals surface area (Å²) >= 11 is 0. The molecule has 1 unspecified atom stereocenters. The Bertz CT molecular complexity index is 1440. The summed E-state index contributed by atoms with van der Waals surface area (Å²) in [5, 5.41) is 0. The van der Waals surface area contributed by atoms with Gasteiger partial charge in [-0.05, 0) is 36.2 Å². The van der Waals surface area contributed by atoms with Crippen LogP contribution >= 0.6 is 0 Å². The number of Topliss-reactive ketones (excluding diaryl/α,β-unsaturated/α-hetero) is 1. The molecule has 9 nitrogen and oxygen atoms in total. The maximum Gasteiger partial charge on any atom is 0.252 e. The van der Waals surface area contributed by atoms with Gasteiger partial charge in [0, 0.05) is 24.8 Å². The fraction of sp³-hybridized carbons (Fsp3) is 0.308. The first-order chi connectivity index (χ1) is 17.2. The predicted octanol–water partition coefficient (Wildman–Crippen LogP) is 2.43. The highest BCUT2D eigenvalue weighted by atomic mass is 32.2.